The predicted octanol–water partition coefficient (Wildman–Crippen LogP) is 5.52. The second-order valence-electron chi connectivity index (χ2n) is 7.09. The Labute approximate surface area is 187 Å². The smallest absolute Gasteiger partial charge is 0.373 e. The molecule has 0 aliphatic carbocycles. The quantitative estimate of drug-likeness (QED) is 0.208. The van der Waals surface area contributed by atoms with Gasteiger partial charge in [0, 0.05) is 11.4 Å². The number of benzene rings is 1. The first-order chi connectivity index (χ1) is 15.0. The molecular formula is C23H22N2O4S2. The van der Waals surface area contributed by atoms with E-state index in [-0.39, 0.29) is 11.3 Å². The van der Waals surface area contributed by atoms with Gasteiger partial charge in [0.15, 0.2) is 5.16 Å². The van der Waals surface area contributed by atoms with Crippen LogP contribution in [0.3, 0.4) is 0 Å². The number of aromatic nitrogens is 2. The molecule has 0 saturated heterocycles. The topological polar surface area (TPSA) is 74.3 Å². The van der Waals surface area contributed by atoms with Crippen molar-refractivity contribution < 1.29 is 13.9 Å². The number of fused-ring (bicyclic) bond motifs is 1. The lowest BCUT2D eigenvalue weighted by Crippen LogP contribution is -2.22. The monoisotopic (exact) mass is 454 g/mol. The normalized spacial score (nSPS) is 11.2. The van der Waals surface area contributed by atoms with Gasteiger partial charge in [-0.3, -0.25) is 9.36 Å². The zero-order valence-electron chi connectivity index (χ0n) is 17.5. The fraction of sp³-hybridized carbons (Fsp3) is 0.261. The Balaban J connectivity index is 1.67. The molecule has 0 bridgehead atoms. The Hall–Kier alpha value is -2.84. The van der Waals surface area contributed by atoms with Crippen LogP contribution in [0.1, 0.15) is 35.2 Å². The van der Waals surface area contributed by atoms with Crippen molar-refractivity contribution in [2.75, 3.05) is 7.11 Å². The maximum atomic E-state index is 13.2. The summed E-state index contributed by atoms with van der Waals surface area (Å²) in [5, 5.41) is 0.642. The van der Waals surface area contributed by atoms with Crippen molar-refractivity contribution >= 4 is 39.3 Å². The Morgan fingerprint density at radius 2 is 2.00 bits per heavy atom. The van der Waals surface area contributed by atoms with E-state index in [0.29, 0.717) is 33.4 Å². The zero-order chi connectivity index (χ0) is 22.0. The van der Waals surface area contributed by atoms with Crippen molar-refractivity contribution in [3.8, 4) is 10.4 Å². The number of carbonyl (C=O) groups excluding carboxylic acids is 1. The Kier molecular flexibility index (Phi) is 6.29. The van der Waals surface area contributed by atoms with Gasteiger partial charge in [0.05, 0.1) is 18.4 Å². The summed E-state index contributed by atoms with van der Waals surface area (Å²) in [6.07, 6.45) is 0.824. The summed E-state index contributed by atoms with van der Waals surface area (Å²) in [7, 11) is 1.31. The number of furan rings is 1. The minimum absolute atomic E-state index is 0.0209. The molecule has 4 aromatic rings. The van der Waals surface area contributed by atoms with Gasteiger partial charge in [0.25, 0.3) is 5.56 Å². The molecule has 4 rings (SSSR count). The maximum absolute atomic E-state index is 13.2. The number of methoxy groups -OCH3 is 1. The molecule has 8 heteroatoms. The highest BCUT2D eigenvalue weighted by Gasteiger charge is 2.17. The van der Waals surface area contributed by atoms with E-state index in [9.17, 15) is 9.59 Å². The van der Waals surface area contributed by atoms with Crippen LogP contribution in [0.25, 0.3) is 20.7 Å². The molecule has 31 heavy (non-hydrogen) atoms. The van der Waals surface area contributed by atoms with Gasteiger partial charge >= 0.3 is 5.97 Å². The van der Waals surface area contributed by atoms with Crippen LogP contribution in [-0.4, -0.2) is 22.6 Å². The molecule has 0 atom stereocenters. The number of thioether (sulfide) groups is 1. The van der Waals surface area contributed by atoms with E-state index < -0.39 is 5.97 Å². The summed E-state index contributed by atoms with van der Waals surface area (Å²) >= 11 is 2.90. The summed E-state index contributed by atoms with van der Waals surface area (Å²) in [6.45, 7) is 4.68. The lowest BCUT2D eigenvalue weighted by Gasteiger charge is -2.10. The number of hydrogen-bond acceptors (Lipinski definition) is 7. The number of hydrogen-bond donors (Lipinski definition) is 0. The van der Waals surface area contributed by atoms with E-state index in [0.717, 1.165) is 16.9 Å². The number of esters is 1. The van der Waals surface area contributed by atoms with Gasteiger partial charge < -0.3 is 9.15 Å². The highest BCUT2D eigenvalue weighted by atomic mass is 32.2. The van der Waals surface area contributed by atoms with Crippen LogP contribution in [0.15, 0.2) is 56.8 Å². The molecule has 0 aliphatic heterocycles. The van der Waals surface area contributed by atoms with Crippen molar-refractivity contribution in [1.82, 2.24) is 9.55 Å². The molecule has 0 radical (unpaired) electrons. The summed E-state index contributed by atoms with van der Waals surface area (Å²) < 4.78 is 12.6. The third-order valence-corrected chi connectivity index (χ3v) is 6.93. The van der Waals surface area contributed by atoms with Gasteiger partial charge in [-0.05, 0) is 37.1 Å². The first kappa shape index (κ1) is 21.4. The standard InChI is InChI=1S/C23H22N2O4S2/c1-4-11-25-21(26)20-17(12-19(31-20)15-7-5-14(2)6-8-15)24-23(25)30-13-16-9-10-18(29-16)22(27)28-3/h5-10,12H,4,11,13H2,1-3H3. The second-order valence-corrected chi connectivity index (χ2v) is 9.08. The molecule has 0 unspecified atom stereocenters. The third kappa shape index (κ3) is 4.45. The average Bonchev–Trinajstić information content (AvgIpc) is 3.42. The highest BCUT2D eigenvalue weighted by molar-refractivity contribution is 7.98. The van der Waals surface area contributed by atoms with E-state index in [2.05, 4.69) is 35.9 Å². The fourth-order valence-corrected chi connectivity index (χ4v) is 5.15. The first-order valence-electron chi connectivity index (χ1n) is 9.91. The van der Waals surface area contributed by atoms with Gasteiger partial charge in [-0.2, -0.15) is 0 Å². The molecule has 1 aromatic carbocycles. The molecule has 3 aromatic heterocycles. The SMILES string of the molecule is CCCn1c(SCc2ccc(C(=O)OC)o2)nc2cc(-c3ccc(C)cc3)sc2c1=O. The number of rotatable bonds is 7. The van der Waals surface area contributed by atoms with Crippen molar-refractivity contribution in [3.63, 3.8) is 0 Å². The zero-order valence-corrected chi connectivity index (χ0v) is 19.1. The minimum atomic E-state index is -0.513. The van der Waals surface area contributed by atoms with Crippen molar-refractivity contribution in [1.29, 1.82) is 0 Å². The summed E-state index contributed by atoms with van der Waals surface area (Å²) in [5.41, 5.74) is 2.96. The van der Waals surface area contributed by atoms with Crippen molar-refractivity contribution in [2.45, 2.75) is 37.7 Å². The van der Waals surface area contributed by atoms with Gasteiger partial charge in [-0.25, -0.2) is 9.78 Å². The maximum Gasteiger partial charge on any atom is 0.373 e. The summed E-state index contributed by atoms with van der Waals surface area (Å²) in [5.74, 6) is 0.718. The largest absolute Gasteiger partial charge is 0.463 e. The van der Waals surface area contributed by atoms with Gasteiger partial charge in [0.1, 0.15) is 10.5 Å². The minimum Gasteiger partial charge on any atom is -0.463 e. The van der Waals surface area contributed by atoms with E-state index in [1.54, 1.807) is 16.7 Å². The van der Waals surface area contributed by atoms with E-state index in [1.807, 2.05) is 13.0 Å². The van der Waals surface area contributed by atoms with Gasteiger partial charge in [-0.15, -0.1) is 11.3 Å². The molecular weight excluding hydrogens is 432 g/mol. The number of carbonyl (C=O) groups is 1. The average molecular weight is 455 g/mol. The molecule has 0 fully saturated rings. The molecule has 3 heterocycles. The number of thiophene rings is 1. The molecule has 0 saturated carbocycles. The Morgan fingerprint density at radius 1 is 1.23 bits per heavy atom. The third-order valence-electron chi connectivity index (χ3n) is 4.77. The van der Waals surface area contributed by atoms with Gasteiger partial charge in [0.2, 0.25) is 5.76 Å². The van der Waals surface area contributed by atoms with E-state index in [4.69, 9.17) is 9.40 Å². The van der Waals surface area contributed by atoms with Crippen LogP contribution in [0.4, 0.5) is 0 Å². The van der Waals surface area contributed by atoms with Crippen molar-refractivity contribution in [3.05, 3.63) is 69.9 Å². The summed E-state index contributed by atoms with van der Waals surface area (Å²) in [6, 6.07) is 13.6. The first-order valence-corrected chi connectivity index (χ1v) is 11.7. The number of ether oxygens (including phenoxy) is 1. The van der Waals surface area contributed by atoms with Crippen LogP contribution in [0.2, 0.25) is 0 Å². The van der Waals surface area contributed by atoms with Crippen LogP contribution in [0, 0.1) is 6.92 Å². The van der Waals surface area contributed by atoms with E-state index in [1.165, 1.54) is 35.8 Å². The molecule has 160 valence electrons. The highest BCUT2D eigenvalue weighted by Crippen LogP contribution is 2.33. The van der Waals surface area contributed by atoms with Gasteiger partial charge in [-0.1, -0.05) is 48.5 Å². The fourth-order valence-electron chi connectivity index (χ4n) is 3.18. The predicted molar refractivity (Wildman–Crippen MR) is 124 cm³/mol. The summed E-state index contributed by atoms with van der Waals surface area (Å²) in [4.78, 5) is 30.6. The Bertz CT molecular complexity index is 1290. The molecule has 0 aliphatic rings. The van der Waals surface area contributed by atoms with Crippen LogP contribution in [-0.2, 0) is 17.0 Å². The molecule has 0 spiro atoms. The van der Waals surface area contributed by atoms with Crippen LogP contribution >= 0.6 is 23.1 Å². The lowest BCUT2D eigenvalue weighted by molar-refractivity contribution is 0.0563. The number of aryl methyl sites for hydroxylation is 1. The second kappa shape index (κ2) is 9.11. The van der Waals surface area contributed by atoms with Crippen molar-refractivity contribution in [2.24, 2.45) is 0 Å². The molecule has 6 nitrogen and oxygen atoms in total. The Morgan fingerprint density at radius 3 is 2.71 bits per heavy atom. The lowest BCUT2D eigenvalue weighted by atomic mass is 10.1. The van der Waals surface area contributed by atoms with Crippen LogP contribution in [0.5, 0.6) is 0 Å². The van der Waals surface area contributed by atoms with Crippen LogP contribution < -0.4 is 5.56 Å². The van der Waals surface area contributed by atoms with E-state index >= 15 is 0 Å². The number of nitrogens with zero attached hydrogens (tertiary/aromatic N) is 2. The molecule has 0 N–H and O–H groups in total. The molecule has 0 amide bonds.